The molecule has 116 valence electrons. The summed E-state index contributed by atoms with van der Waals surface area (Å²) in [5.41, 5.74) is 0. The number of methoxy groups -OCH3 is 1. The molecule has 20 heavy (non-hydrogen) atoms. The van der Waals surface area contributed by atoms with Crippen molar-refractivity contribution in [3.8, 4) is 0 Å². The van der Waals surface area contributed by atoms with Gasteiger partial charge in [0.2, 0.25) is 5.91 Å². The molecular formula is C14H28N4O2. The summed E-state index contributed by atoms with van der Waals surface area (Å²) in [5, 5.41) is 6.36. The van der Waals surface area contributed by atoms with E-state index in [4.69, 9.17) is 4.74 Å². The number of piperidine rings is 1. The van der Waals surface area contributed by atoms with E-state index in [1.54, 1.807) is 7.11 Å². The molecule has 0 aliphatic carbocycles. The normalized spacial score (nSPS) is 17.8. The summed E-state index contributed by atoms with van der Waals surface area (Å²) in [6.45, 7) is 7.34. The minimum atomic E-state index is 0.112. The van der Waals surface area contributed by atoms with Crippen LogP contribution in [0.3, 0.4) is 0 Å². The standard InChI is InChI=1S/C14H28N4O2/c1-4-15-14(17-12(2)11-20-3)16-10-13(19)18-8-6-5-7-9-18/h12H,4-11H2,1-3H3,(H2,15,16,17). The van der Waals surface area contributed by atoms with Crippen molar-refractivity contribution in [2.24, 2.45) is 4.99 Å². The van der Waals surface area contributed by atoms with Gasteiger partial charge < -0.3 is 20.3 Å². The van der Waals surface area contributed by atoms with Gasteiger partial charge in [0.1, 0.15) is 6.54 Å². The van der Waals surface area contributed by atoms with Gasteiger partial charge >= 0.3 is 0 Å². The number of aliphatic imine (C=N–C) groups is 1. The maximum atomic E-state index is 12.1. The maximum Gasteiger partial charge on any atom is 0.244 e. The molecule has 1 aliphatic rings. The topological polar surface area (TPSA) is 66.0 Å². The molecule has 0 bridgehead atoms. The van der Waals surface area contributed by atoms with Gasteiger partial charge in [-0.3, -0.25) is 4.79 Å². The van der Waals surface area contributed by atoms with Gasteiger partial charge in [-0.2, -0.15) is 0 Å². The SMILES string of the molecule is CCNC(=NCC(=O)N1CCCCC1)NC(C)COC. The number of carbonyl (C=O) groups is 1. The van der Waals surface area contributed by atoms with Crippen LogP contribution in [0.1, 0.15) is 33.1 Å². The Morgan fingerprint density at radius 1 is 1.35 bits per heavy atom. The van der Waals surface area contributed by atoms with Gasteiger partial charge in [-0.15, -0.1) is 0 Å². The van der Waals surface area contributed by atoms with Gasteiger partial charge in [-0.05, 0) is 33.1 Å². The molecule has 1 heterocycles. The monoisotopic (exact) mass is 284 g/mol. The Bertz CT molecular complexity index is 314. The van der Waals surface area contributed by atoms with E-state index in [-0.39, 0.29) is 18.5 Å². The number of hydrogen-bond acceptors (Lipinski definition) is 3. The van der Waals surface area contributed by atoms with Gasteiger partial charge in [0, 0.05) is 32.8 Å². The Labute approximate surface area is 122 Å². The highest BCUT2D eigenvalue weighted by Crippen LogP contribution is 2.08. The molecule has 6 heteroatoms. The van der Waals surface area contributed by atoms with E-state index < -0.39 is 0 Å². The summed E-state index contributed by atoms with van der Waals surface area (Å²) < 4.78 is 5.08. The van der Waals surface area contributed by atoms with Crippen molar-refractivity contribution in [1.82, 2.24) is 15.5 Å². The smallest absolute Gasteiger partial charge is 0.244 e. The molecule has 0 saturated carbocycles. The molecule has 1 saturated heterocycles. The van der Waals surface area contributed by atoms with E-state index in [2.05, 4.69) is 15.6 Å². The zero-order valence-electron chi connectivity index (χ0n) is 12.9. The number of rotatable bonds is 6. The molecule has 0 aromatic heterocycles. The van der Waals surface area contributed by atoms with Gasteiger partial charge in [0.05, 0.1) is 6.61 Å². The molecule has 1 rings (SSSR count). The third kappa shape index (κ3) is 6.23. The van der Waals surface area contributed by atoms with E-state index in [9.17, 15) is 4.79 Å². The number of guanidine groups is 1. The van der Waals surface area contributed by atoms with Crippen LogP contribution in [-0.4, -0.2) is 62.7 Å². The number of hydrogen-bond donors (Lipinski definition) is 2. The lowest BCUT2D eigenvalue weighted by molar-refractivity contribution is -0.130. The molecule has 1 aliphatic heterocycles. The largest absolute Gasteiger partial charge is 0.383 e. The van der Waals surface area contributed by atoms with E-state index >= 15 is 0 Å². The summed E-state index contributed by atoms with van der Waals surface area (Å²) in [6.07, 6.45) is 3.45. The number of likely N-dealkylation sites (tertiary alicyclic amines) is 1. The first-order valence-corrected chi connectivity index (χ1v) is 7.49. The average molecular weight is 284 g/mol. The van der Waals surface area contributed by atoms with Crippen molar-refractivity contribution >= 4 is 11.9 Å². The molecule has 1 atom stereocenters. The number of ether oxygens (including phenoxy) is 1. The average Bonchev–Trinajstić information content (AvgIpc) is 2.46. The molecule has 1 unspecified atom stereocenters. The lowest BCUT2D eigenvalue weighted by atomic mass is 10.1. The molecule has 0 radical (unpaired) electrons. The number of nitrogens with zero attached hydrogens (tertiary/aromatic N) is 2. The predicted octanol–water partition coefficient (Wildman–Crippen LogP) is 0.589. The quantitative estimate of drug-likeness (QED) is 0.553. The van der Waals surface area contributed by atoms with E-state index in [0.29, 0.717) is 12.6 Å². The molecule has 1 fully saturated rings. The zero-order chi connectivity index (χ0) is 14.8. The van der Waals surface area contributed by atoms with Gasteiger partial charge in [0.15, 0.2) is 5.96 Å². The molecule has 0 aromatic rings. The van der Waals surface area contributed by atoms with Gasteiger partial charge in [-0.1, -0.05) is 0 Å². The van der Waals surface area contributed by atoms with E-state index in [1.807, 2.05) is 18.7 Å². The van der Waals surface area contributed by atoms with Crippen molar-refractivity contribution in [3.05, 3.63) is 0 Å². The molecule has 0 spiro atoms. The fourth-order valence-corrected chi connectivity index (χ4v) is 2.24. The summed E-state index contributed by atoms with van der Waals surface area (Å²) in [4.78, 5) is 18.3. The minimum Gasteiger partial charge on any atom is -0.383 e. The lowest BCUT2D eigenvalue weighted by Crippen LogP contribution is -2.45. The highest BCUT2D eigenvalue weighted by atomic mass is 16.5. The van der Waals surface area contributed by atoms with Crippen molar-refractivity contribution in [2.45, 2.75) is 39.2 Å². The van der Waals surface area contributed by atoms with Gasteiger partial charge in [0.25, 0.3) is 0 Å². The summed E-state index contributed by atoms with van der Waals surface area (Å²) >= 11 is 0. The van der Waals surface area contributed by atoms with Crippen molar-refractivity contribution in [3.63, 3.8) is 0 Å². The van der Waals surface area contributed by atoms with Crippen molar-refractivity contribution < 1.29 is 9.53 Å². The van der Waals surface area contributed by atoms with Crippen molar-refractivity contribution in [2.75, 3.05) is 39.9 Å². The van der Waals surface area contributed by atoms with Crippen LogP contribution in [0.15, 0.2) is 4.99 Å². The maximum absolute atomic E-state index is 12.1. The molecule has 2 N–H and O–H groups in total. The van der Waals surface area contributed by atoms with Crippen LogP contribution in [0.5, 0.6) is 0 Å². The molecule has 6 nitrogen and oxygen atoms in total. The molecule has 1 amide bonds. The van der Waals surface area contributed by atoms with Crippen LogP contribution in [0.4, 0.5) is 0 Å². The number of carbonyl (C=O) groups excluding carboxylic acids is 1. The van der Waals surface area contributed by atoms with Crippen LogP contribution in [0, 0.1) is 0 Å². The highest BCUT2D eigenvalue weighted by molar-refractivity contribution is 5.85. The molecular weight excluding hydrogens is 256 g/mol. The second kappa shape index (κ2) is 9.58. The van der Waals surface area contributed by atoms with E-state index in [0.717, 1.165) is 32.5 Å². The van der Waals surface area contributed by atoms with Crippen LogP contribution in [0.25, 0.3) is 0 Å². The predicted molar refractivity (Wildman–Crippen MR) is 80.9 cm³/mol. The Morgan fingerprint density at radius 2 is 2.05 bits per heavy atom. The molecule has 0 aromatic carbocycles. The third-order valence-electron chi connectivity index (χ3n) is 3.23. The second-order valence-corrected chi connectivity index (χ2v) is 5.14. The lowest BCUT2D eigenvalue weighted by Gasteiger charge is -2.26. The fraction of sp³-hybridized carbons (Fsp3) is 0.857. The first-order valence-electron chi connectivity index (χ1n) is 7.49. The van der Waals surface area contributed by atoms with Crippen molar-refractivity contribution in [1.29, 1.82) is 0 Å². The van der Waals surface area contributed by atoms with Crippen LogP contribution in [0.2, 0.25) is 0 Å². The highest BCUT2D eigenvalue weighted by Gasteiger charge is 2.16. The second-order valence-electron chi connectivity index (χ2n) is 5.14. The Morgan fingerprint density at radius 3 is 2.65 bits per heavy atom. The van der Waals surface area contributed by atoms with Crippen LogP contribution >= 0.6 is 0 Å². The Kier molecular flexibility index (Phi) is 8.02. The summed E-state index contributed by atoms with van der Waals surface area (Å²) in [6, 6.07) is 0.155. The first-order chi connectivity index (χ1) is 9.67. The fourth-order valence-electron chi connectivity index (χ4n) is 2.24. The van der Waals surface area contributed by atoms with Crippen LogP contribution < -0.4 is 10.6 Å². The first kappa shape index (κ1) is 16.8. The minimum absolute atomic E-state index is 0.112. The Balaban J connectivity index is 2.45. The summed E-state index contributed by atoms with van der Waals surface area (Å²) in [7, 11) is 1.67. The third-order valence-corrected chi connectivity index (χ3v) is 3.23. The van der Waals surface area contributed by atoms with Crippen LogP contribution in [-0.2, 0) is 9.53 Å². The number of nitrogens with one attached hydrogen (secondary N) is 2. The zero-order valence-corrected chi connectivity index (χ0v) is 12.9. The Hall–Kier alpha value is -1.30. The van der Waals surface area contributed by atoms with E-state index in [1.165, 1.54) is 6.42 Å². The van der Waals surface area contributed by atoms with Gasteiger partial charge in [-0.25, -0.2) is 4.99 Å². The number of amides is 1. The summed E-state index contributed by atoms with van der Waals surface area (Å²) in [5.74, 6) is 0.781.